The van der Waals surface area contributed by atoms with Gasteiger partial charge in [0.05, 0.1) is 23.4 Å². The fourth-order valence-corrected chi connectivity index (χ4v) is 4.09. The van der Waals surface area contributed by atoms with E-state index >= 15 is 0 Å². The summed E-state index contributed by atoms with van der Waals surface area (Å²) in [5.74, 6) is -1.44. The van der Waals surface area contributed by atoms with Crippen molar-refractivity contribution in [2.24, 2.45) is 10.9 Å². The van der Waals surface area contributed by atoms with E-state index in [0.717, 1.165) is 22.4 Å². The van der Waals surface area contributed by atoms with Gasteiger partial charge in [0.2, 0.25) is 12.1 Å². The number of anilines is 1. The third-order valence-corrected chi connectivity index (χ3v) is 6.23. The van der Waals surface area contributed by atoms with Crippen LogP contribution in [0.5, 0.6) is 0 Å². The number of rotatable bonds is 7. The summed E-state index contributed by atoms with van der Waals surface area (Å²) < 4.78 is 0. The Balaban J connectivity index is 1.55. The summed E-state index contributed by atoms with van der Waals surface area (Å²) in [5, 5.41) is 13.4. The molecule has 1 unspecified atom stereocenters. The van der Waals surface area contributed by atoms with E-state index in [1.165, 1.54) is 4.90 Å². The van der Waals surface area contributed by atoms with E-state index in [1.54, 1.807) is 14.0 Å². The Morgan fingerprint density at radius 1 is 1.00 bits per heavy atom. The summed E-state index contributed by atoms with van der Waals surface area (Å²) in [6, 6.07) is 27.0. The van der Waals surface area contributed by atoms with E-state index in [4.69, 9.17) is 4.99 Å². The van der Waals surface area contributed by atoms with Gasteiger partial charge in [0.1, 0.15) is 0 Å². The number of nitrogens with one attached hydrogen (secondary N) is 1. The molecular formula is C28H29N3O3. The molecule has 3 atom stereocenters. The Hall–Kier alpha value is -3.77. The molecule has 1 aliphatic heterocycles. The minimum absolute atomic E-state index is 0.335. The highest BCUT2D eigenvalue weighted by molar-refractivity contribution is 6.20. The quantitative estimate of drug-likeness (QED) is 0.571. The summed E-state index contributed by atoms with van der Waals surface area (Å²) >= 11 is 0. The van der Waals surface area contributed by atoms with Crippen molar-refractivity contribution in [1.29, 1.82) is 0 Å². The van der Waals surface area contributed by atoms with Crippen molar-refractivity contribution in [3.05, 3.63) is 102 Å². The standard InChI is InChI=1S/C28H29N3O3/c1-19(24(32)18-17-20-11-5-3-6-12-20)27(33)30-26-28(34)31(2)23-16-10-9-15-22(23)25(29-26)21-13-7-4-8-14-21/h3-16,19,24,26,32H,17-18H2,1-2H3,(H,30,33)/t19-,24+,26?/m1/s1. The van der Waals surface area contributed by atoms with Crippen LogP contribution in [0, 0.1) is 5.92 Å². The molecule has 0 fully saturated rings. The second-order valence-corrected chi connectivity index (χ2v) is 8.55. The smallest absolute Gasteiger partial charge is 0.272 e. The van der Waals surface area contributed by atoms with E-state index < -0.39 is 24.1 Å². The van der Waals surface area contributed by atoms with Gasteiger partial charge in [-0.3, -0.25) is 9.59 Å². The number of aliphatic imine (C=N–C) groups is 1. The minimum atomic E-state index is -1.09. The number of likely N-dealkylation sites (N-methyl/N-ethyl adjacent to an activating group) is 1. The number of benzene rings is 3. The van der Waals surface area contributed by atoms with Gasteiger partial charge in [-0.05, 0) is 24.5 Å². The third-order valence-electron chi connectivity index (χ3n) is 6.23. The molecule has 0 aliphatic carbocycles. The third kappa shape index (κ3) is 5.07. The molecule has 174 valence electrons. The lowest BCUT2D eigenvalue weighted by atomic mass is 9.97. The first kappa shape index (κ1) is 23.4. The maximum absolute atomic E-state index is 13.3. The fourth-order valence-electron chi connectivity index (χ4n) is 4.09. The fraction of sp³-hybridized carbons (Fsp3) is 0.250. The first-order valence-corrected chi connectivity index (χ1v) is 11.5. The summed E-state index contributed by atoms with van der Waals surface area (Å²) in [6.45, 7) is 1.67. The largest absolute Gasteiger partial charge is 0.392 e. The Labute approximate surface area is 200 Å². The molecule has 0 saturated heterocycles. The van der Waals surface area contributed by atoms with Crippen molar-refractivity contribution in [1.82, 2.24) is 5.32 Å². The van der Waals surface area contributed by atoms with Gasteiger partial charge in [-0.2, -0.15) is 0 Å². The number of aliphatic hydroxyl groups excluding tert-OH is 1. The number of aryl methyl sites for hydroxylation is 1. The first-order chi connectivity index (χ1) is 16.5. The minimum Gasteiger partial charge on any atom is -0.392 e. The Bertz CT molecular complexity index is 1180. The van der Waals surface area contributed by atoms with Gasteiger partial charge < -0.3 is 15.3 Å². The first-order valence-electron chi connectivity index (χ1n) is 11.5. The van der Waals surface area contributed by atoms with Gasteiger partial charge in [-0.15, -0.1) is 0 Å². The van der Waals surface area contributed by atoms with E-state index in [-0.39, 0.29) is 5.91 Å². The van der Waals surface area contributed by atoms with Gasteiger partial charge in [0.25, 0.3) is 5.91 Å². The van der Waals surface area contributed by atoms with Gasteiger partial charge in [-0.1, -0.05) is 85.8 Å². The molecule has 6 nitrogen and oxygen atoms in total. The number of nitrogens with zero attached hydrogens (tertiary/aromatic N) is 2. The normalized spacial score (nSPS) is 17.3. The molecule has 34 heavy (non-hydrogen) atoms. The second-order valence-electron chi connectivity index (χ2n) is 8.55. The maximum Gasteiger partial charge on any atom is 0.272 e. The number of hydrogen-bond donors (Lipinski definition) is 2. The lowest BCUT2D eigenvalue weighted by Gasteiger charge is -2.23. The molecule has 0 spiro atoms. The van der Waals surface area contributed by atoms with E-state index in [1.807, 2.05) is 84.9 Å². The number of aliphatic hydroxyl groups is 1. The summed E-state index contributed by atoms with van der Waals surface area (Å²) in [6.07, 6.45) is -0.824. The number of carbonyl (C=O) groups is 2. The number of benzodiazepines with no additional fused rings is 1. The molecule has 6 heteroatoms. The number of fused-ring (bicyclic) bond motifs is 1. The monoisotopic (exact) mass is 455 g/mol. The van der Waals surface area contributed by atoms with Crippen LogP contribution in [0.15, 0.2) is 89.9 Å². The zero-order valence-electron chi connectivity index (χ0n) is 19.4. The summed E-state index contributed by atoms with van der Waals surface area (Å²) in [4.78, 5) is 32.5. The highest BCUT2D eigenvalue weighted by Crippen LogP contribution is 2.27. The van der Waals surface area contributed by atoms with E-state index in [0.29, 0.717) is 18.6 Å². The van der Waals surface area contributed by atoms with Gasteiger partial charge >= 0.3 is 0 Å². The lowest BCUT2D eigenvalue weighted by Crippen LogP contribution is -2.49. The Kier molecular flexibility index (Phi) is 7.18. The van der Waals surface area contributed by atoms with Crippen molar-refractivity contribution in [2.75, 3.05) is 11.9 Å². The van der Waals surface area contributed by atoms with Crippen LogP contribution in [0.3, 0.4) is 0 Å². The predicted octanol–water partition coefficient (Wildman–Crippen LogP) is 3.57. The van der Waals surface area contributed by atoms with Crippen molar-refractivity contribution < 1.29 is 14.7 Å². The van der Waals surface area contributed by atoms with Crippen LogP contribution in [0.1, 0.15) is 30.0 Å². The maximum atomic E-state index is 13.3. The zero-order chi connectivity index (χ0) is 24.1. The van der Waals surface area contributed by atoms with Crippen molar-refractivity contribution in [3.8, 4) is 0 Å². The molecule has 2 N–H and O–H groups in total. The van der Waals surface area contributed by atoms with Gasteiger partial charge in [0, 0.05) is 18.2 Å². The lowest BCUT2D eigenvalue weighted by molar-refractivity contribution is -0.132. The second kappa shape index (κ2) is 10.4. The van der Waals surface area contributed by atoms with Crippen LogP contribution in [-0.4, -0.2) is 41.9 Å². The van der Waals surface area contributed by atoms with Crippen LogP contribution in [0.25, 0.3) is 0 Å². The average molecular weight is 456 g/mol. The predicted molar refractivity (Wildman–Crippen MR) is 134 cm³/mol. The molecule has 1 aliphatic rings. The molecule has 0 saturated carbocycles. The van der Waals surface area contributed by atoms with Crippen LogP contribution in [-0.2, 0) is 16.0 Å². The molecule has 3 aromatic carbocycles. The molecule has 2 amide bonds. The van der Waals surface area contributed by atoms with E-state index in [9.17, 15) is 14.7 Å². The highest BCUT2D eigenvalue weighted by Gasteiger charge is 2.33. The van der Waals surface area contributed by atoms with E-state index in [2.05, 4.69) is 5.32 Å². The van der Waals surface area contributed by atoms with Crippen molar-refractivity contribution in [3.63, 3.8) is 0 Å². The molecule has 1 heterocycles. The Morgan fingerprint density at radius 3 is 2.32 bits per heavy atom. The van der Waals surface area contributed by atoms with Gasteiger partial charge in [-0.25, -0.2) is 4.99 Å². The summed E-state index contributed by atoms with van der Waals surface area (Å²) in [7, 11) is 1.68. The van der Waals surface area contributed by atoms with Crippen LogP contribution < -0.4 is 10.2 Å². The van der Waals surface area contributed by atoms with Crippen molar-refractivity contribution >= 4 is 23.2 Å². The van der Waals surface area contributed by atoms with Crippen LogP contribution in [0.4, 0.5) is 5.69 Å². The highest BCUT2D eigenvalue weighted by atomic mass is 16.3. The number of hydrogen-bond acceptors (Lipinski definition) is 4. The van der Waals surface area contributed by atoms with Crippen LogP contribution >= 0.6 is 0 Å². The molecule has 0 aromatic heterocycles. The zero-order valence-corrected chi connectivity index (χ0v) is 19.4. The molecular weight excluding hydrogens is 426 g/mol. The number of carbonyl (C=O) groups excluding carboxylic acids is 2. The molecule has 4 rings (SSSR count). The van der Waals surface area contributed by atoms with Gasteiger partial charge in [0.15, 0.2) is 0 Å². The molecule has 0 bridgehead atoms. The van der Waals surface area contributed by atoms with Crippen molar-refractivity contribution in [2.45, 2.75) is 32.0 Å². The Morgan fingerprint density at radius 2 is 1.62 bits per heavy atom. The molecule has 0 radical (unpaired) electrons. The van der Waals surface area contributed by atoms with Crippen LogP contribution in [0.2, 0.25) is 0 Å². The SMILES string of the molecule is C[C@@H](C(=O)NC1N=C(c2ccccc2)c2ccccc2N(C)C1=O)[C@@H](O)CCc1ccccc1. The summed E-state index contributed by atoms with van der Waals surface area (Å²) in [5.41, 5.74) is 4.13. The number of amides is 2. The molecule has 3 aromatic rings. The topological polar surface area (TPSA) is 82.0 Å². The average Bonchev–Trinajstić information content (AvgIpc) is 2.98. The number of para-hydroxylation sites is 1.